The van der Waals surface area contributed by atoms with E-state index in [1.54, 1.807) is 6.92 Å². The van der Waals surface area contributed by atoms with E-state index in [2.05, 4.69) is 9.97 Å². The highest BCUT2D eigenvalue weighted by molar-refractivity contribution is 5.90. The number of carbonyl (C=O) groups is 1. The molecule has 0 radical (unpaired) electrons. The number of ether oxygens (including phenoxy) is 1. The third-order valence-electron chi connectivity index (χ3n) is 3.51. The Morgan fingerprint density at radius 1 is 1.40 bits per heavy atom. The number of rotatable bonds is 4. The van der Waals surface area contributed by atoms with Gasteiger partial charge in [0.25, 0.3) is 6.43 Å². The van der Waals surface area contributed by atoms with Crippen LogP contribution in [0.2, 0.25) is 0 Å². The largest absolute Gasteiger partial charge is 0.462 e. The molecule has 6 heteroatoms. The maximum Gasteiger partial charge on any atom is 0.341 e. The van der Waals surface area contributed by atoms with Crippen LogP contribution in [0.15, 0.2) is 6.20 Å². The molecule has 2 rings (SSSR count). The lowest BCUT2D eigenvalue weighted by Crippen LogP contribution is -2.15. The first-order valence-corrected chi connectivity index (χ1v) is 6.95. The third kappa shape index (κ3) is 3.29. The molecule has 1 aromatic heterocycles. The van der Waals surface area contributed by atoms with Gasteiger partial charge in [-0.1, -0.05) is 19.3 Å². The van der Waals surface area contributed by atoms with E-state index in [4.69, 9.17) is 4.74 Å². The minimum atomic E-state index is -2.81. The Kier molecular flexibility index (Phi) is 4.98. The molecule has 110 valence electrons. The minimum Gasteiger partial charge on any atom is -0.462 e. The Morgan fingerprint density at radius 2 is 2.10 bits per heavy atom. The number of alkyl halides is 2. The van der Waals surface area contributed by atoms with Crippen molar-refractivity contribution in [3.63, 3.8) is 0 Å². The van der Waals surface area contributed by atoms with Crippen molar-refractivity contribution < 1.29 is 18.3 Å². The number of aromatic nitrogens is 2. The summed E-state index contributed by atoms with van der Waals surface area (Å²) in [4.78, 5) is 19.7. The highest BCUT2D eigenvalue weighted by atomic mass is 19.3. The lowest BCUT2D eigenvalue weighted by Gasteiger charge is -2.20. The lowest BCUT2D eigenvalue weighted by molar-refractivity contribution is 0.0512. The molecule has 0 saturated heterocycles. The van der Waals surface area contributed by atoms with Crippen LogP contribution in [0.5, 0.6) is 0 Å². The summed E-state index contributed by atoms with van der Waals surface area (Å²) in [6, 6.07) is 0. The molecule has 1 fully saturated rings. The van der Waals surface area contributed by atoms with Gasteiger partial charge in [-0.3, -0.25) is 0 Å². The Hall–Kier alpha value is -1.59. The van der Waals surface area contributed by atoms with Gasteiger partial charge in [0, 0.05) is 12.1 Å². The number of halogens is 2. The van der Waals surface area contributed by atoms with Crippen LogP contribution in [0.1, 0.15) is 73.2 Å². The molecule has 1 heterocycles. The van der Waals surface area contributed by atoms with Gasteiger partial charge in [0.05, 0.1) is 6.61 Å². The summed E-state index contributed by atoms with van der Waals surface area (Å²) < 4.78 is 30.9. The normalized spacial score (nSPS) is 16.4. The zero-order chi connectivity index (χ0) is 14.5. The minimum absolute atomic E-state index is 0.123. The van der Waals surface area contributed by atoms with Gasteiger partial charge in [0.2, 0.25) is 0 Å². The van der Waals surface area contributed by atoms with E-state index in [-0.39, 0.29) is 18.1 Å². The van der Waals surface area contributed by atoms with Crippen molar-refractivity contribution >= 4 is 5.97 Å². The topological polar surface area (TPSA) is 52.1 Å². The fourth-order valence-electron chi connectivity index (χ4n) is 2.50. The Labute approximate surface area is 116 Å². The van der Waals surface area contributed by atoms with E-state index in [1.807, 2.05) is 0 Å². The molecule has 0 aromatic carbocycles. The first-order chi connectivity index (χ1) is 9.63. The van der Waals surface area contributed by atoms with Crippen molar-refractivity contribution in [1.29, 1.82) is 0 Å². The second-order valence-electron chi connectivity index (χ2n) is 4.88. The maximum atomic E-state index is 13.1. The average molecular weight is 284 g/mol. The zero-order valence-electron chi connectivity index (χ0n) is 11.4. The van der Waals surface area contributed by atoms with Crippen molar-refractivity contribution in [1.82, 2.24) is 9.97 Å². The van der Waals surface area contributed by atoms with Crippen LogP contribution in [0.3, 0.4) is 0 Å². The summed E-state index contributed by atoms with van der Waals surface area (Å²) in [5.74, 6) is -0.247. The van der Waals surface area contributed by atoms with E-state index < -0.39 is 18.1 Å². The number of hydrogen-bond acceptors (Lipinski definition) is 4. The van der Waals surface area contributed by atoms with E-state index in [0.717, 1.165) is 25.7 Å². The molecule has 4 nitrogen and oxygen atoms in total. The molecule has 0 atom stereocenters. The van der Waals surface area contributed by atoms with Crippen LogP contribution < -0.4 is 0 Å². The molecular formula is C14H18F2N2O2. The molecule has 0 N–H and O–H groups in total. The molecule has 0 aliphatic heterocycles. The summed E-state index contributed by atoms with van der Waals surface area (Å²) in [6.07, 6.45) is 3.51. The van der Waals surface area contributed by atoms with Gasteiger partial charge in [-0.25, -0.2) is 23.5 Å². The molecule has 1 aromatic rings. The predicted molar refractivity (Wildman–Crippen MR) is 68.8 cm³/mol. The highest BCUT2D eigenvalue weighted by Crippen LogP contribution is 2.32. The lowest BCUT2D eigenvalue weighted by atomic mass is 9.88. The van der Waals surface area contributed by atoms with Crippen LogP contribution >= 0.6 is 0 Å². The Morgan fingerprint density at radius 3 is 2.70 bits per heavy atom. The van der Waals surface area contributed by atoms with Gasteiger partial charge in [-0.2, -0.15) is 0 Å². The number of esters is 1. The van der Waals surface area contributed by atoms with Crippen LogP contribution in [0.4, 0.5) is 8.78 Å². The quantitative estimate of drug-likeness (QED) is 0.792. The molecule has 1 aliphatic carbocycles. The molecule has 20 heavy (non-hydrogen) atoms. The number of carbonyl (C=O) groups excluding carboxylic acids is 1. The number of hydrogen-bond donors (Lipinski definition) is 0. The molecule has 0 spiro atoms. The number of nitrogens with zero attached hydrogens (tertiary/aromatic N) is 2. The van der Waals surface area contributed by atoms with Gasteiger partial charge in [-0.15, -0.1) is 0 Å². The predicted octanol–water partition coefficient (Wildman–Crippen LogP) is 3.64. The van der Waals surface area contributed by atoms with Crippen molar-refractivity contribution in [2.24, 2.45) is 0 Å². The molecule has 1 aliphatic rings. The molecular weight excluding hydrogens is 266 g/mol. The second-order valence-corrected chi connectivity index (χ2v) is 4.88. The maximum absolute atomic E-state index is 13.1. The first-order valence-electron chi connectivity index (χ1n) is 6.95. The highest BCUT2D eigenvalue weighted by Gasteiger charge is 2.25. The van der Waals surface area contributed by atoms with Gasteiger partial charge < -0.3 is 4.74 Å². The Balaban J connectivity index is 2.29. The van der Waals surface area contributed by atoms with E-state index in [1.165, 1.54) is 12.6 Å². The van der Waals surface area contributed by atoms with Gasteiger partial charge in [0.1, 0.15) is 17.1 Å². The van der Waals surface area contributed by atoms with Crippen LogP contribution in [0.25, 0.3) is 0 Å². The SMILES string of the molecule is CCOC(=O)c1cnc(C2CCCCC2)nc1C(F)F. The second kappa shape index (κ2) is 6.72. The first kappa shape index (κ1) is 14.8. The third-order valence-corrected chi connectivity index (χ3v) is 3.51. The van der Waals surface area contributed by atoms with E-state index >= 15 is 0 Å². The van der Waals surface area contributed by atoms with Crippen molar-refractivity contribution in [2.45, 2.75) is 51.4 Å². The van der Waals surface area contributed by atoms with Crippen molar-refractivity contribution in [2.75, 3.05) is 6.61 Å². The molecule has 1 saturated carbocycles. The van der Waals surface area contributed by atoms with Crippen LogP contribution in [0, 0.1) is 0 Å². The summed E-state index contributed by atoms with van der Waals surface area (Å²) in [5, 5.41) is 0. The van der Waals surface area contributed by atoms with Crippen molar-refractivity contribution in [3.8, 4) is 0 Å². The van der Waals surface area contributed by atoms with Gasteiger partial charge in [-0.05, 0) is 19.8 Å². The molecule has 0 amide bonds. The van der Waals surface area contributed by atoms with Crippen molar-refractivity contribution in [3.05, 3.63) is 23.3 Å². The van der Waals surface area contributed by atoms with Gasteiger partial charge >= 0.3 is 5.97 Å². The fourth-order valence-corrected chi connectivity index (χ4v) is 2.50. The van der Waals surface area contributed by atoms with E-state index in [0.29, 0.717) is 5.82 Å². The smallest absolute Gasteiger partial charge is 0.341 e. The zero-order valence-corrected chi connectivity index (χ0v) is 11.4. The summed E-state index contributed by atoms with van der Waals surface area (Å²) in [6.45, 7) is 1.75. The summed E-state index contributed by atoms with van der Waals surface area (Å²) in [5.41, 5.74) is -0.750. The van der Waals surface area contributed by atoms with E-state index in [9.17, 15) is 13.6 Å². The average Bonchev–Trinajstić information content (AvgIpc) is 2.47. The van der Waals surface area contributed by atoms with Gasteiger partial charge in [0.15, 0.2) is 0 Å². The standard InChI is InChI=1S/C14H18F2N2O2/c1-2-20-14(19)10-8-17-13(18-11(10)12(15)16)9-6-4-3-5-7-9/h8-9,12H,2-7H2,1H3. The summed E-state index contributed by atoms with van der Waals surface area (Å²) in [7, 11) is 0. The molecule has 0 unspecified atom stereocenters. The molecule has 0 bridgehead atoms. The fraction of sp³-hybridized carbons (Fsp3) is 0.643. The Bertz CT molecular complexity index is 474. The van der Waals surface area contributed by atoms with Crippen LogP contribution in [-0.4, -0.2) is 22.5 Å². The monoisotopic (exact) mass is 284 g/mol. The summed E-state index contributed by atoms with van der Waals surface area (Å²) >= 11 is 0. The van der Waals surface area contributed by atoms with Crippen LogP contribution in [-0.2, 0) is 4.74 Å².